The van der Waals surface area contributed by atoms with Crippen LogP contribution in [0.1, 0.15) is 32.0 Å². The molecule has 0 aliphatic carbocycles. The van der Waals surface area contributed by atoms with Crippen molar-refractivity contribution in [3.05, 3.63) is 66.0 Å². The Morgan fingerprint density at radius 3 is 2.50 bits per heavy atom. The van der Waals surface area contributed by atoms with Crippen LogP contribution in [0.3, 0.4) is 0 Å². The van der Waals surface area contributed by atoms with Crippen molar-refractivity contribution >= 4 is 5.71 Å². The standard InChI is InChI=1S/C19H25N3O2/c1-19(2,3)21-13-16(23)14-24-22-18(15-9-5-4-6-10-15)17-11-7-8-12-20-17/h4-12,16,21,23H,13-14H2,1-3H3/b22-18-/t16-/m1/s1. The first-order valence-electron chi connectivity index (χ1n) is 8.05. The Bertz CT molecular complexity index is 595. The molecule has 1 heterocycles. The number of β-amino-alcohol motifs (C(OH)–C–C–N with tert-alkyl or cyclic N) is 1. The summed E-state index contributed by atoms with van der Waals surface area (Å²) in [6.07, 6.45) is 1.09. The highest BCUT2D eigenvalue weighted by molar-refractivity contribution is 6.11. The SMILES string of the molecule is CC(C)(C)NC[C@@H](O)CO/N=C(/c1ccccc1)c1ccccn1. The van der Waals surface area contributed by atoms with Gasteiger partial charge in [0.15, 0.2) is 0 Å². The lowest BCUT2D eigenvalue weighted by Gasteiger charge is -2.22. The van der Waals surface area contributed by atoms with Crippen LogP contribution in [0.4, 0.5) is 0 Å². The molecule has 0 saturated carbocycles. The van der Waals surface area contributed by atoms with Crippen molar-refractivity contribution in [2.45, 2.75) is 32.4 Å². The molecule has 2 N–H and O–H groups in total. The van der Waals surface area contributed by atoms with Crippen LogP contribution < -0.4 is 5.32 Å². The topological polar surface area (TPSA) is 66.7 Å². The maximum Gasteiger partial charge on any atom is 0.144 e. The molecule has 0 fully saturated rings. The summed E-state index contributed by atoms with van der Waals surface area (Å²) in [4.78, 5) is 9.73. The van der Waals surface area contributed by atoms with Crippen LogP contribution in [0.25, 0.3) is 0 Å². The number of pyridine rings is 1. The number of oxime groups is 1. The first kappa shape index (κ1) is 18.1. The highest BCUT2D eigenvalue weighted by Crippen LogP contribution is 2.09. The zero-order valence-corrected chi connectivity index (χ0v) is 14.4. The van der Waals surface area contributed by atoms with E-state index in [0.29, 0.717) is 12.3 Å². The number of benzene rings is 1. The zero-order chi connectivity index (χ0) is 17.4. The maximum atomic E-state index is 9.99. The number of nitrogens with one attached hydrogen (secondary N) is 1. The minimum absolute atomic E-state index is 0.0482. The predicted octanol–water partition coefficient (Wildman–Crippen LogP) is 2.60. The zero-order valence-electron chi connectivity index (χ0n) is 14.4. The normalized spacial score (nSPS) is 13.6. The van der Waals surface area contributed by atoms with E-state index in [1.165, 1.54) is 0 Å². The molecule has 24 heavy (non-hydrogen) atoms. The largest absolute Gasteiger partial charge is 0.392 e. The molecule has 2 rings (SSSR count). The highest BCUT2D eigenvalue weighted by Gasteiger charge is 2.13. The van der Waals surface area contributed by atoms with Gasteiger partial charge in [0.1, 0.15) is 18.4 Å². The lowest BCUT2D eigenvalue weighted by molar-refractivity contribution is 0.0374. The van der Waals surface area contributed by atoms with Crippen molar-refractivity contribution in [1.82, 2.24) is 10.3 Å². The second-order valence-corrected chi connectivity index (χ2v) is 6.60. The van der Waals surface area contributed by atoms with Gasteiger partial charge in [0, 0.05) is 23.8 Å². The Morgan fingerprint density at radius 2 is 1.88 bits per heavy atom. The third kappa shape index (κ3) is 6.10. The fraction of sp³-hybridized carbons (Fsp3) is 0.368. The lowest BCUT2D eigenvalue weighted by atomic mass is 10.1. The van der Waals surface area contributed by atoms with Crippen LogP contribution in [0, 0.1) is 0 Å². The summed E-state index contributed by atoms with van der Waals surface area (Å²) in [5.74, 6) is 0. The maximum absolute atomic E-state index is 9.99. The van der Waals surface area contributed by atoms with Crippen LogP contribution in [-0.2, 0) is 4.84 Å². The first-order valence-corrected chi connectivity index (χ1v) is 8.05. The third-order valence-corrected chi connectivity index (χ3v) is 3.25. The Morgan fingerprint density at radius 1 is 1.17 bits per heavy atom. The van der Waals surface area contributed by atoms with Crippen LogP contribution in [0.5, 0.6) is 0 Å². The molecule has 1 aromatic carbocycles. The van der Waals surface area contributed by atoms with Crippen molar-refractivity contribution in [2.24, 2.45) is 5.16 Å². The molecule has 5 heteroatoms. The molecular weight excluding hydrogens is 302 g/mol. The molecule has 2 aromatic rings. The molecule has 1 aromatic heterocycles. The molecule has 0 bridgehead atoms. The molecule has 0 aliphatic rings. The van der Waals surface area contributed by atoms with Crippen LogP contribution in [0.15, 0.2) is 59.9 Å². The van der Waals surface area contributed by atoms with Crippen LogP contribution in [0.2, 0.25) is 0 Å². The minimum atomic E-state index is -0.631. The van der Waals surface area contributed by atoms with Crippen molar-refractivity contribution in [3.8, 4) is 0 Å². The molecule has 0 radical (unpaired) electrons. The summed E-state index contributed by atoms with van der Waals surface area (Å²) in [6, 6.07) is 15.4. The first-order chi connectivity index (χ1) is 11.5. The quantitative estimate of drug-likeness (QED) is 0.606. The van der Waals surface area contributed by atoms with E-state index < -0.39 is 6.10 Å². The van der Waals surface area contributed by atoms with E-state index in [9.17, 15) is 5.11 Å². The summed E-state index contributed by atoms with van der Waals surface area (Å²) in [7, 11) is 0. The fourth-order valence-electron chi connectivity index (χ4n) is 2.02. The van der Waals surface area contributed by atoms with Gasteiger partial charge >= 0.3 is 0 Å². The number of aromatic nitrogens is 1. The summed E-state index contributed by atoms with van der Waals surface area (Å²) >= 11 is 0. The lowest BCUT2D eigenvalue weighted by Crippen LogP contribution is -2.42. The van der Waals surface area contributed by atoms with Gasteiger partial charge in [-0.05, 0) is 32.9 Å². The Kier molecular flexibility index (Phi) is 6.46. The van der Waals surface area contributed by atoms with E-state index in [2.05, 4.69) is 15.5 Å². The smallest absolute Gasteiger partial charge is 0.144 e. The second-order valence-electron chi connectivity index (χ2n) is 6.60. The summed E-state index contributed by atoms with van der Waals surface area (Å²) in [6.45, 7) is 6.71. The molecule has 0 unspecified atom stereocenters. The Labute approximate surface area is 143 Å². The third-order valence-electron chi connectivity index (χ3n) is 3.25. The Balaban J connectivity index is 2.04. The molecule has 0 amide bonds. The average Bonchev–Trinajstić information content (AvgIpc) is 2.58. The van der Waals surface area contributed by atoms with Gasteiger partial charge in [0.05, 0.1) is 5.69 Å². The van der Waals surface area contributed by atoms with E-state index >= 15 is 0 Å². The predicted molar refractivity (Wildman–Crippen MR) is 96.0 cm³/mol. The number of hydrogen-bond acceptors (Lipinski definition) is 5. The summed E-state index contributed by atoms with van der Waals surface area (Å²) in [5.41, 5.74) is 2.24. The van der Waals surface area contributed by atoms with Crippen LogP contribution >= 0.6 is 0 Å². The fourth-order valence-corrected chi connectivity index (χ4v) is 2.02. The number of nitrogens with zero attached hydrogens (tertiary/aromatic N) is 2. The van der Waals surface area contributed by atoms with Crippen molar-refractivity contribution in [1.29, 1.82) is 0 Å². The van der Waals surface area contributed by atoms with Gasteiger partial charge in [-0.15, -0.1) is 0 Å². The molecule has 0 aliphatic heterocycles. The van der Waals surface area contributed by atoms with Gasteiger partial charge in [0.25, 0.3) is 0 Å². The van der Waals surface area contributed by atoms with Gasteiger partial charge in [0.2, 0.25) is 0 Å². The van der Waals surface area contributed by atoms with Gasteiger partial charge in [-0.3, -0.25) is 4.98 Å². The van der Waals surface area contributed by atoms with E-state index in [-0.39, 0.29) is 12.1 Å². The number of aliphatic hydroxyl groups is 1. The number of aliphatic hydroxyl groups excluding tert-OH is 1. The van der Waals surface area contributed by atoms with Gasteiger partial charge < -0.3 is 15.3 Å². The number of hydrogen-bond donors (Lipinski definition) is 2. The summed E-state index contributed by atoms with van der Waals surface area (Å²) in [5, 5.41) is 17.4. The van der Waals surface area contributed by atoms with E-state index in [1.807, 2.05) is 69.3 Å². The number of rotatable bonds is 7. The van der Waals surface area contributed by atoms with E-state index in [1.54, 1.807) is 6.20 Å². The minimum Gasteiger partial charge on any atom is -0.392 e. The monoisotopic (exact) mass is 327 g/mol. The van der Waals surface area contributed by atoms with Crippen molar-refractivity contribution in [3.63, 3.8) is 0 Å². The van der Waals surface area contributed by atoms with E-state index in [0.717, 1.165) is 11.3 Å². The molecule has 5 nitrogen and oxygen atoms in total. The van der Waals surface area contributed by atoms with Gasteiger partial charge in [-0.25, -0.2) is 0 Å². The van der Waals surface area contributed by atoms with E-state index in [4.69, 9.17) is 4.84 Å². The summed E-state index contributed by atoms with van der Waals surface area (Å²) < 4.78 is 0. The average molecular weight is 327 g/mol. The molecule has 1 atom stereocenters. The Hall–Kier alpha value is -2.24. The second kappa shape index (κ2) is 8.57. The molecule has 0 spiro atoms. The van der Waals surface area contributed by atoms with Gasteiger partial charge in [-0.1, -0.05) is 41.6 Å². The van der Waals surface area contributed by atoms with Crippen LogP contribution in [-0.4, -0.2) is 40.6 Å². The molecular formula is C19H25N3O2. The van der Waals surface area contributed by atoms with Gasteiger partial charge in [-0.2, -0.15) is 0 Å². The van der Waals surface area contributed by atoms with Crippen molar-refractivity contribution in [2.75, 3.05) is 13.2 Å². The highest BCUT2D eigenvalue weighted by atomic mass is 16.6. The molecule has 0 saturated heterocycles. The van der Waals surface area contributed by atoms with Crippen molar-refractivity contribution < 1.29 is 9.94 Å². The molecule has 128 valence electrons.